The largest absolute Gasteiger partial charge is 0.395 e. The van der Waals surface area contributed by atoms with Crippen LogP contribution in [0.2, 0.25) is 6.82 Å². The Morgan fingerprint density at radius 3 is 2.67 bits per heavy atom. The first-order chi connectivity index (χ1) is 2.91. The summed E-state index contributed by atoms with van der Waals surface area (Å²) in [6.45, 7) is 2.76. The predicted molar refractivity (Wildman–Crippen MR) is 26.7 cm³/mol. The van der Waals surface area contributed by atoms with Gasteiger partial charge in [0.15, 0.2) is 0 Å². The molecule has 6 heavy (non-hydrogen) atoms. The van der Waals surface area contributed by atoms with Crippen LogP contribution >= 0.6 is 0 Å². The Hall–Kier alpha value is -0.0151. The van der Waals surface area contributed by atoms with E-state index in [4.69, 9.17) is 5.11 Å². The second-order valence-corrected chi connectivity index (χ2v) is 0.966. The molecule has 0 aromatic carbocycles. The van der Waals surface area contributed by atoms with Crippen LogP contribution in [0.15, 0.2) is 0 Å². The highest BCUT2D eigenvalue weighted by Gasteiger charge is 1.75. The van der Waals surface area contributed by atoms with Crippen molar-refractivity contribution in [2.75, 3.05) is 13.2 Å². The van der Waals surface area contributed by atoms with E-state index in [1.54, 1.807) is 7.41 Å². The van der Waals surface area contributed by atoms with Crippen LogP contribution in [0, 0.1) is 0 Å². The quantitative estimate of drug-likeness (QED) is 0.349. The van der Waals surface area contributed by atoms with Gasteiger partial charge >= 0.3 is 0 Å². The van der Waals surface area contributed by atoms with E-state index >= 15 is 0 Å². The third kappa shape index (κ3) is 3.98. The summed E-state index contributed by atoms with van der Waals surface area (Å²) in [4.78, 5) is 0. The topological polar surface area (TPSA) is 32.3 Å². The SMILES string of the molecule is C[B]NCCO. The molecule has 0 bridgehead atoms. The Morgan fingerprint density at radius 2 is 2.50 bits per heavy atom. The first-order valence-corrected chi connectivity index (χ1v) is 2.04. The zero-order valence-corrected chi connectivity index (χ0v) is 3.94. The summed E-state index contributed by atoms with van der Waals surface area (Å²) in [5.41, 5.74) is 0. The molecular formula is C3H9BNO. The minimum atomic E-state index is 0.213. The van der Waals surface area contributed by atoms with Crippen LogP contribution in [0.4, 0.5) is 0 Å². The first-order valence-electron chi connectivity index (χ1n) is 2.04. The predicted octanol–water partition coefficient (Wildman–Crippen LogP) is -0.764. The average Bonchev–Trinajstić information content (AvgIpc) is 1.61. The highest BCUT2D eigenvalue weighted by atomic mass is 16.3. The molecule has 3 heteroatoms. The molecule has 0 atom stereocenters. The molecule has 2 nitrogen and oxygen atoms in total. The van der Waals surface area contributed by atoms with Gasteiger partial charge < -0.3 is 10.3 Å². The van der Waals surface area contributed by atoms with E-state index in [0.717, 1.165) is 0 Å². The lowest BCUT2D eigenvalue weighted by Crippen LogP contribution is -2.19. The molecule has 35 valence electrons. The van der Waals surface area contributed by atoms with Gasteiger partial charge in [-0.05, 0) is 0 Å². The van der Waals surface area contributed by atoms with Crippen LogP contribution in [-0.4, -0.2) is 25.7 Å². The Labute approximate surface area is 38.8 Å². The molecule has 0 aliphatic rings. The molecule has 0 aliphatic carbocycles. The van der Waals surface area contributed by atoms with Crippen molar-refractivity contribution in [3.63, 3.8) is 0 Å². The average molecular weight is 85.9 g/mol. The Kier molecular flexibility index (Phi) is 4.97. The summed E-state index contributed by atoms with van der Waals surface area (Å²) in [6.07, 6.45) is 0. The molecule has 1 radical (unpaired) electrons. The van der Waals surface area contributed by atoms with E-state index in [0.29, 0.717) is 6.54 Å². The molecule has 0 aromatic heterocycles. The zero-order chi connectivity index (χ0) is 4.83. The smallest absolute Gasteiger partial charge is 0.201 e. The fourth-order valence-electron chi connectivity index (χ4n) is 0.209. The van der Waals surface area contributed by atoms with Crippen molar-refractivity contribution < 1.29 is 5.11 Å². The van der Waals surface area contributed by atoms with Crippen molar-refractivity contribution in [1.82, 2.24) is 5.23 Å². The molecule has 2 N–H and O–H groups in total. The van der Waals surface area contributed by atoms with Crippen LogP contribution in [0.3, 0.4) is 0 Å². The molecule has 0 fully saturated rings. The van der Waals surface area contributed by atoms with Gasteiger partial charge in [-0.2, -0.15) is 0 Å². The number of nitrogens with one attached hydrogen (secondary N) is 1. The van der Waals surface area contributed by atoms with Crippen molar-refractivity contribution in [1.29, 1.82) is 0 Å². The van der Waals surface area contributed by atoms with Gasteiger partial charge in [-0.3, -0.25) is 0 Å². The van der Waals surface area contributed by atoms with Crippen LogP contribution in [0.25, 0.3) is 0 Å². The van der Waals surface area contributed by atoms with Crippen molar-refractivity contribution in [2.24, 2.45) is 0 Å². The summed E-state index contributed by atoms with van der Waals surface area (Å²) < 4.78 is 0. The summed E-state index contributed by atoms with van der Waals surface area (Å²) in [5, 5.41) is 10.9. The molecule has 0 amide bonds. The van der Waals surface area contributed by atoms with E-state index in [9.17, 15) is 0 Å². The number of hydrogen-bond acceptors (Lipinski definition) is 2. The number of aliphatic hydroxyl groups is 1. The zero-order valence-electron chi connectivity index (χ0n) is 3.94. The maximum atomic E-state index is 8.11. The lowest BCUT2D eigenvalue weighted by atomic mass is 10.0. The summed E-state index contributed by atoms with van der Waals surface area (Å²) in [6, 6.07) is 0. The minimum absolute atomic E-state index is 0.213. The molecule has 0 unspecified atom stereocenters. The van der Waals surface area contributed by atoms with Gasteiger partial charge in [-0.15, -0.1) is 0 Å². The molecular weight excluding hydrogens is 76.9 g/mol. The number of aliphatic hydroxyl groups excluding tert-OH is 1. The van der Waals surface area contributed by atoms with Gasteiger partial charge in [-0.1, -0.05) is 6.82 Å². The minimum Gasteiger partial charge on any atom is -0.395 e. The summed E-state index contributed by atoms with van der Waals surface area (Å²) in [7, 11) is 1.80. The van der Waals surface area contributed by atoms with Crippen LogP contribution in [-0.2, 0) is 0 Å². The summed E-state index contributed by atoms with van der Waals surface area (Å²) in [5.74, 6) is 0. The third-order valence-corrected chi connectivity index (χ3v) is 0.460. The highest BCUT2D eigenvalue weighted by Crippen LogP contribution is 1.48. The lowest BCUT2D eigenvalue weighted by molar-refractivity contribution is 0.301. The first kappa shape index (κ1) is 5.98. The summed E-state index contributed by atoms with van der Waals surface area (Å²) >= 11 is 0. The Bertz CT molecular complexity index is 22.8. The fourth-order valence-corrected chi connectivity index (χ4v) is 0.209. The molecule has 0 saturated heterocycles. The van der Waals surface area contributed by atoms with Crippen molar-refractivity contribution in [3.05, 3.63) is 0 Å². The van der Waals surface area contributed by atoms with Gasteiger partial charge in [0.25, 0.3) is 0 Å². The monoisotopic (exact) mass is 86.1 g/mol. The molecule has 0 heterocycles. The van der Waals surface area contributed by atoms with Crippen LogP contribution < -0.4 is 5.23 Å². The van der Waals surface area contributed by atoms with E-state index in [2.05, 4.69) is 5.23 Å². The standard InChI is InChI=1S/C3H9BNO/c1-4-5-2-3-6/h5-6H,2-3H2,1H3. The molecule has 0 rings (SSSR count). The third-order valence-electron chi connectivity index (χ3n) is 0.460. The second kappa shape index (κ2) is 4.98. The van der Waals surface area contributed by atoms with Crippen molar-refractivity contribution >= 4 is 7.41 Å². The maximum Gasteiger partial charge on any atom is 0.201 e. The molecule has 0 spiro atoms. The normalized spacial score (nSPS) is 8.33. The number of hydrogen-bond donors (Lipinski definition) is 2. The van der Waals surface area contributed by atoms with Crippen LogP contribution in [0.1, 0.15) is 0 Å². The molecule has 0 aliphatic heterocycles. The molecule has 0 saturated carbocycles. The highest BCUT2D eigenvalue weighted by molar-refractivity contribution is 6.29. The van der Waals surface area contributed by atoms with Gasteiger partial charge in [0.05, 0.1) is 6.61 Å². The molecule has 0 aromatic rings. The number of rotatable bonds is 3. The second-order valence-electron chi connectivity index (χ2n) is 0.966. The van der Waals surface area contributed by atoms with Crippen molar-refractivity contribution in [3.8, 4) is 0 Å². The van der Waals surface area contributed by atoms with E-state index in [1.807, 2.05) is 6.82 Å². The van der Waals surface area contributed by atoms with E-state index in [-0.39, 0.29) is 6.61 Å². The van der Waals surface area contributed by atoms with E-state index < -0.39 is 0 Å². The van der Waals surface area contributed by atoms with Crippen LogP contribution in [0.5, 0.6) is 0 Å². The van der Waals surface area contributed by atoms with Crippen molar-refractivity contribution in [2.45, 2.75) is 6.82 Å². The van der Waals surface area contributed by atoms with Gasteiger partial charge in [0, 0.05) is 6.54 Å². The van der Waals surface area contributed by atoms with E-state index in [1.165, 1.54) is 0 Å². The Morgan fingerprint density at radius 1 is 1.83 bits per heavy atom. The van der Waals surface area contributed by atoms with Gasteiger partial charge in [0.2, 0.25) is 7.41 Å². The fraction of sp³-hybridized carbons (Fsp3) is 1.00. The maximum absolute atomic E-state index is 8.11. The van der Waals surface area contributed by atoms with Gasteiger partial charge in [-0.25, -0.2) is 0 Å². The van der Waals surface area contributed by atoms with Gasteiger partial charge in [0.1, 0.15) is 0 Å². The Balaban J connectivity index is 2.34. The lowest BCUT2D eigenvalue weighted by Gasteiger charge is -1.89.